The van der Waals surface area contributed by atoms with Crippen LogP contribution in [0.4, 0.5) is 4.39 Å². The molecule has 7 heteroatoms. The Bertz CT molecular complexity index is 1340. The molecule has 1 amide bonds. The van der Waals surface area contributed by atoms with Gasteiger partial charge < -0.3 is 10.2 Å². The topological polar surface area (TPSA) is 62.5 Å². The Labute approximate surface area is 198 Å². The summed E-state index contributed by atoms with van der Waals surface area (Å²) in [5.74, 6) is 0.166. The van der Waals surface area contributed by atoms with Gasteiger partial charge in [0.25, 0.3) is 5.91 Å². The van der Waals surface area contributed by atoms with Crippen molar-refractivity contribution in [2.24, 2.45) is 5.92 Å². The first-order chi connectivity index (χ1) is 16.5. The molecule has 5 rings (SSSR count). The van der Waals surface area contributed by atoms with E-state index in [0.717, 1.165) is 53.8 Å². The molecule has 0 spiro atoms. The number of rotatable bonds is 5. The van der Waals surface area contributed by atoms with Crippen LogP contribution < -0.4 is 5.32 Å². The molecule has 1 fully saturated rings. The van der Waals surface area contributed by atoms with E-state index in [9.17, 15) is 9.18 Å². The van der Waals surface area contributed by atoms with E-state index in [1.165, 1.54) is 6.07 Å². The van der Waals surface area contributed by atoms with E-state index in [2.05, 4.69) is 27.3 Å². The lowest BCUT2D eigenvalue weighted by Crippen LogP contribution is -2.36. The number of nitrogens with one attached hydrogen (secondary N) is 1. The zero-order valence-electron chi connectivity index (χ0n) is 19.5. The second-order valence-electron chi connectivity index (χ2n) is 9.12. The van der Waals surface area contributed by atoms with Crippen LogP contribution in [0.25, 0.3) is 27.9 Å². The van der Waals surface area contributed by atoms with Crippen molar-refractivity contribution in [2.45, 2.75) is 19.8 Å². The molecule has 0 saturated carbocycles. The largest absolute Gasteiger partial charge is 0.352 e. The molecule has 0 aliphatic carbocycles. The van der Waals surface area contributed by atoms with Gasteiger partial charge in [-0.15, -0.1) is 0 Å². The number of carbonyl (C=O) groups is 1. The average molecular weight is 458 g/mol. The fourth-order valence-electron chi connectivity index (χ4n) is 4.58. The molecule has 4 heterocycles. The number of nitrogens with zero attached hydrogens (tertiary/aromatic N) is 4. The van der Waals surface area contributed by atoms with Crippen molar-refractivity contribution in [3.63, 3.8) is 0 Å². The zero-order valence-corrected chi connectivity index (χ0v) is 19.5. The minimum atomic E-state index is -0.238. The fraction of sp³-hybridized carbons (Fsp3) is 0.296. The lowest BCUT2D eigenvalue weighted by atomic mass is 9.97. The molecule has 0 bridgehead atoms. The van der Waals surface area contributed by atoms with Gasteiger partial charge in [-0.25, -0.2) is 8.91 Å². The molecule has 34 heavy (non-hydrogen) atoms. The molecule has 0 atom stereocenters. The van der Waals surface area contributed by atoms with Gasteiger partial charge in [-0.2, -0.15) is 5.10 Å². The number of fused-ring (bicyclic) bond motifs is 1. The second-order valence-corrected chi connectivity index (χ2v) is 9.12. The normalized spacial score (nSPS) is 15.0. The number of hydrogen-bond donors (Lipinski definition) is 1. The van der Waals surface area contributed by atoms with E-state index in [1.54, 1.807) is 36.0 Å². The lowest BCUT2D eigenvalue weighted by Gasteiger charge is -2.28. The fourth-order valence-corrected chi connectivity index (χ4v) is 4.58. The van der Waals surface area contributed by atoms with Gasteiger partial charge in [0, 0.05) is 30.1 Å². The van der Waals surface area contributed by atoms with E-state index >= 15 is 0 Å². The minimum Gasteiger partial charge on any atom is -0.352 e. The first-order valence-electron chi connectivity index (χ1n) is 11.7. The van der Waals surface area contributed by atoms with Gasteiger partial charge in [-0.05, 0) is 93.3 Å². The molecular weight excluding hydrogens is 429 g/mol. The predicted octanol–water partition coefficient (Wildman–Crippen LogP) is 4.58. The number of aromatic nitrogens is 3. The van der Waals surface area contributed by atoms with Crippen LogP contribution in [-0.2, 0) is 0 Å². The van der Waals surface area contributed by atoms with Crippen molar-refractivity contribution in [2.75, 3.05) is 26.7 Å². The summed E-state index contributed by atoms with van der Waals surface area (Å²) in [5.41, 5.74) is 5.31. The molecular formula is C27H28FN5O. The maximum atomic E-state index is 13.8. The predicted molar refractivity (Wildman–Crippen MR) is 131 cm³/mol. The third kappa shape index (κ3) is 4.43. The maximum absolute atomic E-state index is 13.8. The molecule has 1 aliphatic rings. The van der Waals surface area contributed by atoms with Crippen molar-refractivity contribution >= 4 is 11.4 Å². The van der Waals surface area contributed by atoms with Crippen molar-refractivity contribution in [3.05, 3.63) is 78.0 Å². The number of pyridine rings is 2. The molecule has 1 aromatic carbocycles. The van der Waals surface area contributed by atoms with Crippen LogP contribution in [0.3, 0.4) is 0 Å². The first kappa shape index (κ1) is 22.2. The Hall–Kier alpha value is -3.58. The van der Waals surface area contributed by atoms with Crippen LogP contribution in [0.5, 0.6) is 0 Å². The number of hydrogen-bond acceptors (Lipinski definition) is 4. The standard InChI is InChI=1S/C27H28FN5O/c1-18-14-21(5-6-24(18)28)26-22(4-3-10-29-26)20-9-13-33-25(15-20)23(17-31-33)27(34)30-16-19-7-11-32(2)12-8-19/h3-6,9-10,13-15,17,19H,7-8,11-12,16H2,1-2H3,(H,30,34). The quantitative estimate of drug-likeness (QED) is 0.476. The molecule has 0 radical (unpaired) electrons. The Morgan fingerprint density at radius 3 is 2.76 bits per heavy atom. The first-order valence-corrected chi connectivity index (χ1v) is 11.7. The van der Waals surface area contributed by atoms with E-state index in [4.69, 9.17) is 0 Å². The highest BCUT2D eigenvalue weighted by Gasteiger charge is 2.20. The highest BCUT2D eigenvalue weighted by atomic mass is 19.1. The van der Waals surface area contributed by atoms with E-state index < -0.39 is 0 Å². The summed E-state index contributed by atoms with van der Waals surface area (Å²) in [6, 6.07) is 12.8. The number of carbonyl (C=O) groups excluding carboxylic acids is 1. The zero-order chi connectivity index (χ0) is 23.7. The third-order valence-corrected chi connectivity index (χ3v) is 6.71. The van der Waals surface area contributed by atoms with Gasteiger partial charge >= 0.3 is 0 Å². The Kier molecular flexibility index (Phi) is 6.11. The molecule has 1 N–H and O–H groups in total. The Morgan fingerprint density at radius 1 is 1.15 bits per heavy atom. The van der Waals surface area contributed by atoms with Gasteiger partial charge in [-0.3, -0.25) is 9.78 Å². The van der Waals surface area contributed by atoms with Gasteiger partial charge in [0.2, 0.25) is 0 Å². The molecule has 1 saturated heterocycles. The van der Waals surface area contributed by atoms with Crippen LogP contribution >= 0.6 is 0 Å². The summed E-state index contributed by atoms with van der Waals surface area (Å²) in [4.78, 5) is 19.9. The second kappa shape index (κ2) is 9.35. The number of benzene rings is 1. The summed E-state index contributed by atoms with van der Waals surface area (Å²) in [7, 11) is 2.14. The third-order valence-electron chi connectivity index (χ3n) is 6.71. The van der Waals surface area contributed by atoms with E-state index in [-0.39, 0.29) is 11.7 Å². The van der Waals surface area contributed by atoms with Crippen LogP contribution in [0.2, 0.25) is 0 Å². The Balaban J connectivity index is 1.44. The summed E-state index contributed by atoms with van der Waals surface area (Å²) in [6.45, 7) is 4.57. The van der Waals surface area contributed by atoms with E-state index in [1.807, 2.05) is 30.5 Å². The highest BCUT2D eigenvalue weighted by molar-refractivity contribution is 6.01. The van der Waals surface area contributed by atoms with Gasteiger partial charge in [0.1, 0.15) is 5.82 Å². The summed E-state index contributed by atoms with van der Waals surface area (Å²) in [5, 5.41) is 7.48. The highest BCUT2D eigenvalue weighted by Crippen LogP contribution is 2.32. The molecule has 0 unspecified atom stereocenters. The SMILES string of the molecule is Cc1cc(-c2ncccc2-c2ccn3ncc(C(=O)NCC4CCN(C)CC4)c3c2)ccc1F. The Morgan fingerprint density at radius 2 is 1.97 bits per heavy atom. The van der Waals surface area contributed by atoms with Crippen LogP contribution in [0, 0.1) is 18.7 Å². The number of likely N-dealkylation sites (tertiary alicyclic amines) is 1. The van der Waals surface area contributed by atoms with Gasteiger partial charge in [0.05, 0.1) is 23.0 Å². The summed E-state index contributed by atoms with van der Waals surface area (Å²) >= 11 is 0. The van der Waals surface area contributed by atoms with Crippen molar-refractivity contribution in [1.82, 2.24) is 24.8 Å². The molecule has 174 valence electrons. The molecule has 4 aromatic rings. The van der Waals surface area contributed by atoms with E-state index in [0.29, 0.717) is 23.6 Å². The lowest BCUT2D eigenvalue weighted by molar-refractivity contribution is 0.0940. The maximum Gasteiger partial charge on any atom is 0.255 e. The monoisotopic (exact) mass is 457 g/mol. The van der Waals surface area contributed by atoms with Gasteiger partial charge in [-0.1, -0.05) is 6.07 Å². The number of amides is 1. The number of piperidine rings is 1. The van der Waals surface area contributed by atoms with Crippen LogP contribution in [-0.4, -0.2) is 52.1 Å². The molecule has 1 aliphatic heterocycles. The summed E-state index contributed by atoms with van der Waals surface area (Å²) < 4.78 is 15.5. The molecule has 3 aromatic heterocycles. The average Bonchev–Trinajstić information content (AvgIpc) is 3.28. The molecule has 6 nitrogen and oxygen atoms in total. The number of halogens is 1. The van der Waals surface area contributed by atoms with Crippen molar-refractivity contribution in [1.29, 1.82) is 0 Å². The summed E-state index contributed by atoms with van der Waals surface area (Å²) in [6.07, 6.45) is 7.41. The van der Waals surface area contributed by atoms with Gasteiger partial charge in [0.15, 0.2) is 0 Å². The van der Waals surface area contributed by atoms with Crippen LogP contribution in [0.15, 0.2) is 61.1 Å². The minimum absolute atomic E-state index is 0.105. The van der Waals surface area contributed by atoms with Crippen molar-refractivity contribution in [3.8, 4) is 22.4 Å². The number of aryl methyl sites for hydroxylation is 1. The van der Waals surface area contributed by atoms with Crippen LogP contribution in [0.1, 0.15) is 28.8 Å². The van der Waals surface area contributed by atoms with Crippen molar-refractivity contribution < 1.29 is 9.18 Å². The smallest absolute Gasteiger partial charge is 0.255 e.